The molecular weight excluding hydrogens is 298 g/mol. The molecule has 0 aromatic carbocycles. The summed E-state index contributed by atoms with van der Waals surface area (Å²) >= 11 is 0. The maximum absolute atomic E-state index is 13.2. The fraction of sp³-hybridized carbons (Fsp3) is 0.600. The van der Waals surface area contributed by atoms with E-state index in [-0.39, 0.29) is 17.9 Å². The standard InChI is InChI=1S/C20H27N3O/c21-12-16-11-18(9-10-19(16)22)23(17-7-8-17)20(24)15-5-3-14(4-6-15)13-1-2-13/h3-5,12-13,15,17-18,21H,1-2,6-11,22H2. The molecular formula is C20H27N3O. The third kappa shape index (κ3) is 3.06. The first-order chi connectivity index (χ1) is 11.7. The second kappa shape index (κ2) is 6.23. The molecule has 0 aliphatic heterocycles. The van der Waals surface area contributed by atoms with E-state index < -0.39 is 0 Å². The highest BCUT2D eigenvalue weighted by Gasteiger charge is 2.40. The molecule has 0 saturated heterocycles. The van der Waals surface area contributed by atoms with Gasteiger partial charge in [-0.1, -0.05) is 18.2 Å². The monoisotopic (exact) mass is 325 g/mol. The molecule has 0 aromatic rings. The molecule has 2 atom stereocenters. The van der Waals surface area contributed by atoms with Crippen LogP contribution >= 0.6 is 0 Å². The van der Waals surface area contributed by atoms with E-state index in [0.29, 0.717) is 6.04 Å². The van der Waals surface area contributed by atoms with Gasteiger partial charge in [0.15, 0.2) is 0 Å². The summed E-state index contributed by atoms with van der Waals surface area (Å²) in [5.41, 5.74) is 9.21. The van der Waals surface area contributed by atoms with Crippen LogP contribution in [0.1, 0.15) is 51.4 Å². The Kier molecular flexibility index (Phi) is 4.07. The minimum absolute atomic E-state index is 0.000200. The lowest BCUT2D eigenvalue weighted by Crippen LogP contribution is -2.46. The second-order valence-electron chi connectivity index (χ2n) is 7.75. The average Bonchev–Trinajstić information content (AvgIpc) is 3.49. The van der Waals surface area contributed by atoms with Crippen molar-refractivity contribution in [3.8, 4) is 0 Å². The highest BCUT2D eigenvalue weighted by atomic mass is 16.2. The van der Waals surface area contributed by atoms with Gasteiger partial charge in [0.1, 0.15) is 0 Å². The maximum Gasteiger partial charge on any atom is 0.230 e. The van der Waals surface area contributed by atoms with E-state index in [1.54, 1.807) is 0 Å². The molecule has 0 heterocycles. The van der Waals surface area contributed by atoms with Gasteiger partial charge in [0.05, 0.1) is 5.92 Å². The number of nitrogens with zero attached hydrogens (tertiary/aromatic N) is 1. The number of nitrogens with two attached hydrogens (primary N) is 1. The van der Waals surface area contributed by atoms with E-state index in [0.717, 1.165) is 55.7 Å². The Morgan fingerprint density at radius 2 is 2.00 bits per heavy atom. The molecule has 4 nitrogen and oxygen atoms in total. The number of carbonyl (C=O) groups is 1. The number of hydrogen-bond donors (Lipinski definition) is 2. The van der Waals surface area contributed by atoms with E-state index in [1.165, 1.54) is 24.6 Å². The molecule has 0 aromatic heterocycles. The van der Waals surface area contributed by atoms with Crippen molar-refractivity contribution in [1.29, 1.82) is 5.41 Å². The van der Waals surface area contributed by atoms with Crippen LogP contribution in [0.5, 0.6) is 0 Å². The summed E-state index contributed by atoms with van der Waals surface area (Å²) in [4.78, 5) is 15.3. The summed E-state index contributed by atoms with van der Waals surface area (Å²) < 4.78 is 0. The van der Waals surface area contributed by atoms with Gasteiger partial charge in [-0.05, 0) is 68.4 Å². The van der Waals surface area contributed by atoms with Crippen molar-refractivity contribution >= 4 is 12.1 Å². The Balaban J connectivity index is 1.47. The first-order valence-corrected chi connectivity index (χ1v) is 9.35. The molecule has 4 rings (SSSR count). The van der Waals surface area contributed by atoms with Gasteiger partial charge >= 0.3 is 0 Å². The van der Waals surface area contributed by atoms with Crippen LogP contribution in [0.25, 0.3) is 0 Å². The zero-order valence-corrected chi connectivity index (χ0v) is 14.2. The van der Waals surface area contributed by atoms with E-state index in [9.17, 15) is 4.79 Å². The number of nitrogens with one attached hydrogen (secondary N) is 1. The summed E-state index contributed by atoms with van der Waals surface area (Å²) in [6, 6.07) is 0.632. The zero-order valence-electron chi connectivity index (χ0n) is 14.2. The molecule has 2 unspecified atom stereocenters. The molecule has 3 N–H and O–H groups in total. The van der Waals surface area contributed by atoms with Crippen molar-refractivity contribution in [2.75, 3.05) is 0 Å². The summed E-state index contributed by atoms with van der Waals surface area (Å²) in [7, 11) is 0. The fourth-order valence-electron chi connectivity index (χ4n) is 4.10. The molecule has 1 amide bonds. The SMILES string of the molecule is N=CC1=C(N)CCC(N(C(=O)C2C=CC(C3CC3)=CC2)C2CC2)C1. The van der Waals surface area contributed by atoms with Gasteiger partial charge in [0.25, 0.3) is 0 Å². The molecule has 24 heavy (non-hydrogen) atoms. The minimum atomic E-state index is -0.000200. The van der Waals surface area contributed by atoms with E-state index in [4.69, 9.17) is 11.1 Å². The van der Waals surface area contributed by atoms with Gasteiger partial charge in [-0.2, -0.15) is 0 Å². The molecule has 4 aliphatic carbocycles. The van der Waals surface area contributed by atoms with Gasteiger partial charge in [-0.25, -0.2) is 0 Å². The van der Waals surface area contributed by atoms with E-state index >= 15 is 0 Å². The number of amides is 1. The summed E-state index contributed by atoms with van der Waals surface area (Å²) in [6.07, 6.45) is 16.2. The fourth-order valence-corrected chi connectivity index (χ4v) is 4.10. The van der Waals surface area contributed by atoms with Crippen molar-refractivity contribution in [3.05, 3.63) is 35.1 Å². The van der Waals surface area contributed by atoms with Crippen molar-refractivity contribution in [2.45, 2.75) is 63.5 Å². The third-order valence-corrected chi connectivity index (χ3v) is 5.87. The lowest BCUT2D eigenvalue weighted by molar-refractivity contribution is -0.137. The number of carbonyl (C=O) groups excluding carboxylic acids is 1. The van der Waals surface area contributed by atoms with Crippen LogP contribution in [-0.2, 0) is 4.79 Å². The van der Waals surface area contributed by atoms with Gasteiger partial charge < -0.3 is 16.0 Å². The first kappa shape index (κ1) is 15.7. The minimum Gasteiger partial charge on any atom is -0.402 e. The van der Waals surface area contributed by atoms with Gasteiger partial charge in [-0.3, -0.25) is 4.79 Å². The van der Waals surface area contributed by atoms with Crippen molar-refractivity contribution in [2.24, 2.45) is 17.6 Å². The van der Waals surface area contributed by atoms with Gasteiger partial charge in [0.2, 0.25) is 5.91 Å². The quantitative estimate of drug-likeness (QED) is 0.761. The predicted octanol–water partition coefficient (Wildman–Crippen LogP) is 3.30. The summed E-state index contributed by atoms with van der Waals surface area (Å²) in [5, 5.41) is 7.57. The molecule has 4 heteroatoms. The van der Waals surface area contributed by atoms with Crippen LogP contribution in [0.4, 0.5) is 0 Å². The van der Waals surface area contributed by atoms with E-state index in [1.807, 2.05) is 0 Å². The van der Waals surface area contributed by atoms with Crippen LogP contribution in [0.3, 0.4) is 0 Å². The Morgan fingerprint density at radius 1 is 1.21 bits per heavy atom. The van der Waals surface area contributed by atoms with Crippen LogP contribution in [0.15, 0.2) is 35.1 Å². The Morgan fingerprint density at radius 3 is 2.58 bits per heavy atom. The van der Waals surface area contributed by atoms with Crippen molar-refractivity contribution < 1.29 is 4.79 Å². The largest absolute Gasteiger partial charge is 0.402 e. The Labute approximate surface area is 144 Å². The zero-order chi connectivity index (χ0) is 16.7. The topological polar surface area (TPSA) is 70.2 Å². The number of rotatable bonds is 5. The van der Waals surface area contributed by atoms with Crippen LogP contribution in [0.2, 0.25) is 0 Å². The molecule has 2 saturated carbocycles. The maximum atomic E-state index is 13.2. The first-order valence-electron chi connectivity index (χ1n) is 9.35. The van der Waals surface area contributed by atoms with Crippen molar-refractivity contribution in [1.82, 2.24) is 4.90 Å². The molecule has 4 aliphatic rings. The van der Waals surface area contributed by atoms with Crippen LogP contribution in [-0.4, -0.2) is 29.1 Å². The van der Waals surface area contributed by atoms with Gasteiger partial charge in [-0.15, -0.1) is 0 Å². The molecule has 128 valence electrons. The second-order valence-corrected chi connectivity index (χ2v) is 7.75. The van der Waals surface area contributed by atoms with Crippen LogP contribution in [0, 0.1) is 17.2 Å². The number of hydrogen-bond acceptors (Lipinski definition) is 3. The molecule has 2 fully saturated rings. The lowest BCUT2D eigenvalue weighted by atomic mass is 9.89. The smallest absolute Gasteiger partial charge is 0.230 e. The molecule has 0 radical (unpaired) electrons. The normalized spacial score (nSPS) is 30.1. The number of allylic oxidation sites excluding steroid dienone is 4. The average molecular weight is 325 g/mol. The van der Waals surface area contributed by atoms with E-state index in [2.05, 4.69) is 23.1 Å². The highest BCUT2D eigenvalue weighted by molar-refractivity contribution is 5.83. The molecule has 0 bridgehead atoms. The third-order valence-electron chi connectivity index (χ3n) is 5.87. The lowest BCUT2D eigenvalue weighted by Gasteiger charge is -2.37. The van der Waals surface area contributed by atoms with Crippen LogP contribution < -0.4 is 5.73 Å². The van der Waals surface area contributed by atoms with Crippen molar-refractivity contribution in [3.63, 3.8) is 0 Å². The Hall–Kier alpha value is -1.84. The summed E-state index contributed by atoms with van der Waals surface area (Å²) in [5.74, 6) is 1.05. The Bertz CT molecular complexity index is 637. The summed E-state index contributed by atoms with van der Waals surface area (Å²) in [6.45, 7) is 0. The highest BCUT2D eigenvalue weighted by Crippen LogP contribution is 2.40. The van der Waals surface area contributed by atoms with Gasteiger partial charge in [0, 0.05) is 24.0 Å². The predicted molar refractivity (Wildman–Crippen MR) is 95.6 cm³/mol. The molecule has 0 spiro atoms.